The topological polar surface area (TPSA) is 74.2 Å². The molecule has 0 spiro atoms. The van der Waals surface area contributed by atoms with E-state index in [1.54, 1.807) is 11.3 Å². The van der Waals surface area contributed by atoms with Crippen molar-refractivity contribution in [3.63, 3.8) is 0 Å². The van der Waals surface area contributed by atoms with Gasteiger partial charge in [0.1, 0.15) is 0 Å². The van der Waals surface area contributed by atoms with Gasteiger partial charge in [-0.15, -0.1) is 11.3 Å². The molecule has 0 bridgehead atoms. The van der Waals surface area contributed by atoms with Crippen molar-refractivity contribution >= 4 is 17.4 Å². The fraction of sp³-hybridized carbons (Fsp3) is 0.333. The minimum absolute atomic E-state index is 0.187. The van der Waals surface area contributed by atoms with Crippen molar-refractivity contribution in [2.75, 3.05) is 13.1 Å². The Kier molecular flexibility index (Phi) is 5.71. The molecule has 6 heteroatoms. The van der Waals surface area contributed by atoms with Gasteiger partial charge >= 0.3 is 6.03 Å². The first-order valence-corrected chi connectivity index (χ1v) is 7.69. The van der Waals surface area contributed by atoms with E-state index in [0.717, 1.165) is 16.3 Å². The average Bonchev–Trinajstić information content (AvgIpc) is 2.91. The van der Waals surface area contributed by atoms with Crippen molar-refractivity contribution < 1.29 is 9.90 Å². The summed E-state index contributed by atoms with van der Waals surface area (Å²) < 4.78 is 0. The lowest BCUT2D eigenvalue weighted by atomic mass is 10.1. The molecule has 0 saturated carbocycles. The van der Waals surface area contributed by atoms with Crippen molar-refractivity contribution in [1.29, 1.82) is 0 Å². The zero-order valence-electron chi connectivity index (χ0n) is 11.9. The van der Waals surface area contributed by atoms with Crippen LogP contribution in [0.3, 0.4) is 0 Å². The van der Waals surface area contributed by atoms with E-state index in [1.807, 2.05) is 42.6 Å². The molecule has 0 aliphatic rings. The lowest BCUT2D eigenvalue weighted by Gasteiger charge is -2.12. The number of hydrogen-bond donors (Lipinski definition) is 3. The number of carbonyl (C=O) groups excluding carboxylic acids is 1. The van der Waals surface area contributed by atoms with Crippen LogP contribution in [-0.4, -0.2) is 29.2 Å². The molecule has 0 fully saturated rings. The predicted molar refractivity (Wildman–Crippen MR) is 83.4 cm³/mol. The summed E-state index contributed by atoms with van der Waals surface area (Å²) in [6.07, 6.45) is 0.0197. The van der Waals surface area contributed by atoms with Crippen LogP contribution in [0.1, 0.15) is 22.4 Å². The van der Waals surface area contributed by atoms with Crippen LogP contribution < -0.4 is 10.6 Å². The molecule has 1 aromatic carbocycles. The fourth-order valence-electron chi connectivity index (χ4n) is 1.85. The van der Waals surface area contributed by atoms with Gasteiger partial charge in [-0.3, -0.25) is 0 Å². The molecule has 21 heavy (non-hydrogen) atoms. The first-order valence-electron chi connectivity index (χ1n) is 6.81. The first kappa shape index (κ1) is 15.5. The maximum atomic E-state index is 11.6. The number of aliphatic hydroxyl groups is 1. The van der Waals surface area contributed by atoms with Crippen molar-refractivity contribution in [3.8, 4) is 0 Å². The highest BCUT2D eigenvalue weighted by atomic mass is 32.1. The Balaban J connectivity index is 1.65. The van der Waals surface area contributed by atoms with Crippen molar-refractivity contribution in [1.82, 2.24) is 15.6 Å². The van der Waals surface area contributed by atoms with Gasteiger partial charge in [0.15, 0.2) is 0 Å². The van der Waals surface area contributed by atoms with Crippen LogP contribution in [0, 0.1) is 6.92 Å². The minimum Gasteiger partial charge on any atom is -0.387 e. The molecule has 2 amide bonds. The molecule has 5 nitrogen and oxygen atoms in total. The molecule has 2 rings (SSSR count). The number of carbonyl (C=O) groups is 1. The Morgan fingerprint density at radius 3 is 2.76 bits per heavy atom. The molecule has 1 heterocycles. The third-order valence-electron chi connectivity index (χ3n) is 2.93. The van der Waals surface area contributed by atoms with E-state index >= 15 is 0 Å². The minimum atomic E-state index is -0.696. The van der Waals surface area contributed by atoms with Gasteiger partial charge in [-0.1, -0.05) is 30.3 Å². The van der Waals surface area contributed by atoms with E-state index in [1.165, 1.54) is 0 Å². The number of nitrogens with one attached hydrogen (secondary N) is 2. The summed E-state index contributed by atoms with van der Waals surface area (Å²) in [6, 6.07) is 8.97. The molecule has 0 radical (unpaired) electrons. The predicted octanol–water partition coefficient (Wildman–Crippen LogP) is 2.03. The Hall–Kier alpha value is -1.92. The van der Waals surface area contributed by atoms with Crippen LogP contribution in [-0.2, 0) is 6.42 Å². The molecule has 0 saturated heterocycles. The van der Waals surface area contributed by atoms with Gasteiger partial charge in [0, 0.05) is 30.6 Å². The SMILES string of the molecule is Cc1csc(CCNC(=O)NC[C@@H](O)c2ccccc2)n1. The number of nitrogens with zero attached hydrogens (tertiary/aromatic N) is 1. The first-order chi connectivity index (χ1) is 10.1. The van der Waals surface area contributed by atoms with Gasteiger partial charge in [0.25, 0.3) is 0 Å². The average molecular weight is 305 g/mol. The van der Waals surface area contributed by atoms with E-state index in [2.05, 4.69) is 15.6 Å². The summed E-state index contributed by atoms with van der Waals surface area (Å²) in [5.41, 5.74) is 1.79. The second kappa shape index (κ2) is 7.75. The van der Waals surface area contributed by atoms with Crippen LogP contribution in [0.15, 0.2) is 35.7 Å². The van der Waals surface area contributed by atoms with Gasteiger partial charge < -0.3 is 15.7 Å². The smallest absolute Gasteiger partial charge is 0.314 e. The van der Waals surface area contributed by atoms with E-state index in [4.69, 9.17) is 0 Å². The Labute approximate surface area is 128 Å². The van der Waals surface area contributed by atoms with Crippen LogP contribution in [0.5, 0.6) is 0 Å². The van der Waals surface area contributed by atoms with Crippen LogP contribution in [0.4, 0.5) is 4.79 Å². The lowest BCUT2D eigenvalue weighted by Crippen LogP contribution is -2.38. The molecule has 1 atom stereocenters. The number of benzene rings is 1. The summed E-state index contributed by atoms with van der Waals surface area (Å²) in [5, 5.41) is 18.3. The van der Waals surface area contributed by atoms with Gasteiger partial charge in [0.2, 0.25) is 0 Å². The summed E-state index contributed by atoms with van der Waals surface area (Å²) in [4.78, 5) is 16.0. The molecule has 1 aromatic heterocycles. The summed E-state index contributed by atoms with van der Waals surface area (Å²) in [7, 11) is 0. The number of aryl methyl sites for hydroxylation is 1. The fourth-order valence-corrected chi connectivity index (χ4v) is 2.62. The molecule has 112 valence electrons. The zero-order chi connectivity index (χ0) is 15.1. The van der Waals surface area contributed by atoms with Gasteiger partial charge in [0.05, 0.1) is 11.1 Å². The van der Waals surface area contributed by atoms with E-state index < -0.39 is 6.10 Å². The third kappa shape index (κ3) is 5.17. The highest BCUT2D eigenvalue weighted by molar-refractivity contribution is 7.09. The molecule has 0 unspecified atom stereocenters. The van der Waals surface area contributed by atoms with Gasteiger partial charge in [-0.25, -0.2) is 9.78 Å². The van der Waals surface area contributed by atoms with Crippen molar-refractivity contribution in [3.05, 3.63) is 52.0 Å². The molecular formula is C15H19N3O2S. The van der Waals surface area contributed by atoms with Gasteiger partial charge in [-0.05, 0) is 12.5 Å². The Bertz CT molecular complexity index is 571. The third-order valence-corrected chi connectivity index (χ3v) is 3.96. The second-order valence-electron chi connectivity index (χ2n) is 4.70. The normalized spacial score (nSPS) is 11.9. The van der Waals surface area contributed by atoms with Crippen LogP contribution in [0.2, 0.25) is 0 Å². The Morgan fingerprint density at radius 1 is 1.33 bits per heavy atom. The summed E-state index contributed by atoms with van der Waals surface area (Å²) in [5.74, 6) is 0. The molecule has 0 aliphatic heterocycles. The summed E-state index contributed by atoms with van der Waals surface area (Å²) in [6.45, 7) is 2.66. The van der Waals surface area contributed by atoms with Gasteiger partial charge in [-0.2, -0.15) is 0 Å². The zero-order valence-corrected chi connectivity index (χ0v) is 12.7. The summed E-state index contributed by atoms with van der Waals surface area (Å²) >= 11 is 1.59. The van der Waals surface area contributed by atoms with Crippen molar-refractivity contribution in [2.24, 2.45) is 0 Å². The monoisotopic (exact) mass is 305 g/mol. The molecule has 2 aromatic rings. The number of urea groups is 1. The lowest BCUT2D eigenvalue weighted by molar-refractivity contribution is 0.173. The number of amides is 2. The molecule has 0 aliphatic carbocycles. The highest BCUT2D eigenvalue weighted by Crippen LogP contribution is 2.10. The number of thiazole rings is 1. The van der Waals surface area contributed by atoms with Crippen LogP contribution >= 0.6 is 11.3 Å². The number of aromatic nitrogens is 1. The number of rotatable bonds is 6. The maximum absolute atomic E-state index is 11.6. The second-order valence-corrected chi connectivity index (χ2v) is 5.64. The van der Waals surface area contributed by atoms with E-state index in [-0.39, 0.29) is 12.6 Å². The van der Waals surface area contributed by atoms with E-state index in [9.17, 15) is 9.90 Å². The van der Waals surface area contributed by atoms with E-state index in [0.29, 0.717) is 13.0 Å². The quantitative estimate of drug-likeness (QED) is 0.764. The number of hydrogen-bond acceptors (Lipinski definition) is 4. The largest absolute Gasteiger partial charge is 0.387 e. The highest BCUT2D eigenvalue weighted by Gasteiger charge is 2.08. The van der Waals surface area contributed by atoms with Crippen molar-refractivity contribution in [2.45, 2.75) is 19.4 Å². The Morgan fingerprint density at radius 2 is 2.10 bits per heavy atom. The maximum Gasteiger partial charge on any atom is 0.314 e. The number of aliphatic hydroxyl groups excluding tert-OH is 1. The molecular weight excluding hydrogens is 286 g/mol. The molecule has 3 N–H and O–H groups in total. The van der Waals surface area contributed by atoms with Crippen LogP contribution in [0.25, 0.3) is 0 Å². The standard InChI is InChI=1S/C15H19N3O2S/c1-11-10-21-14(18-11)7-8-16-15(20)17-9-13(19)12-5-3-2-4-6-12/h2-6,10,13,19H,7-9H2,1H3,(H2,16,17,20)/t13-/m1/s1.